The number of carbonyl (C=O) groups excluding carboxylic acids is 1. The second-order valence-corrected chi connectivity index (χ2v) is 6.96. The first-order valence-corrected chi connectivity index (χ1v) is 9.77. The number of hydrogen-bond acceptors (Lipinski definition) is 5. The fourth-order valence-electron chi connectivity index (χ4n) is 2.00. The molecule has 7 nitrogen and oxygen atoms in total. The Bertz CT molecular complexity index is 840. The highest BCUT2D eigenvalue weighted by Crippen LogP contribution is 2.24. The molecule has 2 aromatic rings. The lowest BCUT2D eigenvalue weighted by molar-refractivity contribution is 0.252. The van der Waals surface area contributed by atoms with E-state index < -0.39 is 16.1 Å². The number of anilines is 1. The van der Waals surface area contributed by atoms with Crippen LogP contribution in [-0.4, -0.2) is 33.5 Å². The maximum Gasteiger partial charge on any atom is 0.339 e. The van der Waals surface area contributed by atoms with E-state index in [0.717, 1.165) is 0 Å². The Hall–Kier alpha value is -2.45. The molecule has 26 heavy (non-hydrogen) atoms. The van der Waals surface area contributed by atoms with E-state index in [1.165, 1.54) is 36.4 Å². The van der Waals surface area contributed by atoms with Crippen LogP contribution in [0, 0.1) is 0 Å². The molecule has 0 heterocycles. The second kappa shape index (κ2) is 9.30. The summed E-state index contributed by atoms with van der Waals surface area (Å²) in [7, 11) is -4.01. The van der Waals surface area contributed by atoms with Crippen LogP contribution in [0.3, 0.4) is 0 Å². The van der Waals surface area contributed by atoms with Crippen LogP contribution in [0.4, 0.5) is 10.5 Å². The third-order valence-electron chi connectivity index (χ3n) is 3.10. The van der Waals surface area contributed by atoms with Crippen LogP contribution in [0.15, 0.2) is 53.4 Å². The largest absolute Gasteiger partial charge is 0.494 e. The van der Waals surface area contributed by atoms with Gasteiger partial charge in [-0.1, -0.05) is 6.07 Å². The van der Waals surface area contributed by atoms with Crippen molar-refractivity contribution in [2.24, 2.45) is 0 Å². The van der Waals surface area contributed by atoms with Crippen molar-refractivity contribution in [1.29, 1.82) is 0 Å². The zero-order valence-corrected chi connectivity index (χ0v) is 15.6. The lowest BCUT2D eigenvalue weighted by atomic mass is 10.3. The summed E-state index contributed by atoms with van der Waals surface area (Å²) in [5, 5.41) is 5.10. The molecule has 2 aromatic carbocycles. The summed E-state index contributed by atoms with van der Waals surface area (Å²) in [5.41, 5.74) is 0.439. The first-order valence-electron chi connectivity index (χ1n) is 7.83. The Morgan fingerprint density at radius 3 is 2.46 bits per heavy atom. The van der Waals surface area contributed by atoms with Gasteiger partial charge in [-0.15, -0.1) is 11.6 Å². The topological polar surface area (TPSA) is 93.7 Å². The van der Waals surface area contributed by atoms with Crippen LogP contribution in [0.5, 0.6) is 11.5 Å². The summed E-state index contributed by atoms with van der Waals surface area (Å²) >= 11 is 5.48. The molecule has 2 N–H and O–H groups in total. The third kappa shape index (κ3) is 5.82. The Labute approximate surface area is 157 Å². The van der Waals surface area contributed by atoms with E-state index in [-0.39, 0.29) is 10.6 Å². The van der Waals surface area contributed by atoms with E-state index in [4.69, 9.17) is 20.5 Å². The maximum atomic E-state index is 12.4. The fourth-order valence-corrected chi connectivity index (χ4v) is 3.02. The standard InChI is InChI=1S/C17H19ClN2O5S/c1-2-24-14-4-3-5-15(12-14)25-26(22,23)16-8-6-13(7-9-16)20-17(21)19-11-10-18/h3-9,12H,2,10-11H2,1H3,(H2,19,20,21). The number of halogens is 1. The highest BCUT2D eigenvalue weighted by atomic mass is 35.5. The smallest absolute Gasteiger partial charge is 0.339 e. The van der Waals surface area contributed by atoms with Gasteiger partial charge in [0.2, 0.25) is 0 Å². The zero-order chi connectivity index (χ0) is 19.0. The summed E-state index contributed by atoms with van der Waals surface area (Å²) in [6.45, 7) is 2.62. The number of hydrogen-bond donors (Lipinski definition) is 2. The normalized spacial score (nSPS) is 10.8. The number of urea groups is 1. The monoisotopic (exact) mass is 398 g/mol. The van der Waals surface area contributed by atoms with E-state index in [9.17, 15) is 13.2 Å². The molecule has 9 heteroatoms. The highest BCUT2D eigenvalue weighted by molar-refractivity contribution is 7.87. The summed E-state index contributed by atoms with van der Waals surface area (Å²) in [6.07, 6.45) is 0. The van der Waals surface area contributed by atoms with Crippen LogP contribution >= 0.6 is 11.6 Å². The van der Waals surface area contributed by atoms with Gasteiger partial charge in [-0.3, -0.25) is 0 Å². The van der Waals surface area contributed by atoms with Crippen molar-refractivity contribution >= 4 is 33.4 Å². The van der Waals surface area contributed by atoms with Crippen LogP contribution in [0.1, 0.15) is 6.92 Å². The van der Waals surface area contributed by atoms with Crippen molar-refractivity contribution in [3.8, 4) is 11.5 Å². The van der Waals surface area contributed by atoms with Crippen molar-refractivity contribution in [2.45, 2.75) is 11.8 Å². The minimum Gasteiger partial charge on any atom is -0.494 e. The van der Waals surface area contributed by atoms with Gasteiger partial charge in [0.05, 0.1) is 6.61 Å². The average molecular weight is 399 g/mol. The quantitative estimate of drug-likeness (QED) is 0.526. The maximum absolute atomic E-state index is 12.4. The Morgan fingerprint density at radius 2 is 1.81 bits per heavy atom. The summed E-state index contributed by atoms with van der Waals surface area (Å²) < 4.78 is 35.2. The van der Waals surface area contributed by atoms with E-state index in [2.05, 4.69) is 10.6 Å². The second-order valence-electron chi connectivity index (χ2n) is 5.04. The zero-order valence-electron chi connectivity index (χ0n) is 14.1. The van der Waals surface area contributed by atoms with Crippen molar-refractivity contribution in [1.82, 2.24) is 5.32 Å². The van der Waals surface area contributed by atoms with Crippen LogP contribution < -0.4 is 19.6 Å². The Morgan fingerprint density at radius 1 is 1.12 bits per heavy atom. The fraction of sp³-hybridized carbons (Fsp3) is 0.235. The van der Waals surface area contributed by atoms with Gasteiger partial charge in [-0.25, -0.2) is 4.79 Å². The van der Waals surface area contributed by atoms with Crippen molar-refractivity contribution in [2.75, 3.05) is 24.3 Å². The van der Waals surface area contributed by atoms with Gasteiger partial charge in [-0.2, -0.15) is 8.42 Å². The molecule has 0 spiro atoms. The molecule has 0 atom stereocenters. The predicted molar refractivity (Wildman–Crippen MR) is 99.6 cm³/mol. The van der Waals surface area contributed by atoms with Gasteiger partial charge in [0.25, 0.3) is 0 Å². The molecule has 2 rings (SSSR count). The number of ether oxygens (including phenoxy) is 1. The molecule has 0 bridgehead atoms. The lowest BCUT2D eigenvalue weighted by Crippen LogP contribution is -2.30. The molecule has 0 aliphatic rings. The van der Waals surface area contributed by atoms with E-state index in [0.29, 0.717) is 30.5 Å². The van der Waals surface area contributed by atoms with Gasteiger partial charge >= 0.3 is 16.1 Å². The molecule has 0 fully saturated rings. The number of carbonyl (C=O) groups is 1. The van der Waals surface area contributed by atoms with Crippen LogP contribution in [-0.2, 0) is 10.1 Å². The molecule has 0 aromatic heterocycles. The molecule has 0 unspecified atom stereocenters. The molecule has 0 aliphatic heterocycles. The van der Waals surface area contributed by atoms with E-state index >= 15 is 0 Å². The van der Waals surface area contributed by atoms with Gasteiger partial charge in [-0.05, 0) is 43.3 Å². The average Bonchev–Trinajstić information content (AvgIpc) is 2.60. The van der Waals surface area contributed by atoms with Crippen molar-refractivity contribution in [3.05, 3.63) is 48.5 Å². The summed E-state index contributed by atoms with van der Waals surface area (Å²) in [5.74, 6) is 0.966. The van der Waals surface area contributed by atoms with Gasteiger partial charge < -0.3 is 19.6 Å². The van der Waals surface area contributed by atoms with Crippen molar-refractivity contribution in [3.63, 3.8) is 0 Å². The molecule has 0 saturated carbocycles. The number of amides is 2. The van der Waals surface area contributed by atoms with Crippen molar-refractivity contribution < 1.29 is 22.1 Å². The minimum absolute atomic E-state index is 0.0361. The van der Waals surface area contributed by atoms with E-state index in [1.54, 1.807) is 12.1 Å². The number of nitrogens with one attached hydrogen (secondary N) is 2. The summed E-state index contributed by atoms with van der Waals surface area (Å²) in [6, 6.07) is 11.6. The first kappa shape index (κ1) is 19.9. The third-order valence-corrected chi connectivity index (χ3v) is 4.55. The molecule has 0 radical (unpaired) electrons. The summed E-state index contributed by atoms with van der Waals surface area (Å²) in [4.78, 5) is 11.5. The predicted octanol–water partition coefficient (Wildman–Crippen LogP) is 3.21. The molecule has 2 amide bonds. The minimum atomic E-state index is -4.01. The van der Waals surface area contributed by atoms with Gasteiger partial charge in [0.1, 0.15) is 16.4 Å². The van der Waals surface area contributed by atoms with Crippen LogP contribution in [0.2, 0.25) is 0 Å². The highest BCUT2D eigenvalue weighted by Gasteiger charge is 2.17. The Balaban J connectivity index is 2.07. The SMILES string of the molecule is CCOc1cccc(OS(=O)(=O)c2ccc(NC(=O)NCCCl)cc2)c1. The molecule has 0 aliphatic carbocycles. The molecule has 140 valence electrons. The van der Waals surface area contributed by atoms with Gasteiger partial charge in [0.15, 0.2) is 0 Å². The molecular weight excluding hydrogens is 380 g/mol. The Kier molecular flexibility index (Phi) is 7.11. The van der Waals surface area contributed by atoms with Gasteiger partial charge in [0, 0.05) is 24.2 Å². The van der Waals surface area contributed by atoms with Crippen LogP contribution in [0.25, 0.3) is 0 Å². The number of benzene rings is 2. The number of alkyl halides is 1. The first-order chi connectivity index (χ1) is 12.4. The lowest BCUT2D eigenvalue weighted by Gasteiger charge is -2.10. The number of rotatable bonds is 8. The molecule has 0 saturated heterocycles. The van der Waals surface area contributed by atoms with E-state index in [1.807, 2.05) is 6.92 Å². The molecular formula is C17H19ClN2O5S.